The van der Waals surface area contributed by atoms with Crippen LogP contribution in [0.1, 0.15) is 0 Å². The van der Waals surface area contributed by atoms with Crippen LogP contribution in [-0.2, 0) is 0 Å². The van der Waals surface area contributed by atoms with Crippen molar-refractivity contribution in [2.24, 2.45) is 0 Å². The Hall–Kier alpha value is -4.04. The third kappa shape index (κ3) is 1.98. The molecule has 0 bridgehead atoms. The third-order valence-corrected chi connectivity index (χ3v) is 6.17. The van der Waals surface area contributed by atoms with Crippen molar-refractivity contribution >= 4 is 32.6 Å². The van der Waals surface area contributed by atoms with Crippen molar-refractivity contribution in [1.29, 1.82) is 0 Å². The van der Waals surface area contributed by atoms with Crippen LogP contribution >= 0.6 is 0 Å². The van der Waals surface area contributed by atoms with Crippen LogP contribution < -0.4 is 4.74 Å². The Morgan fingerprint density at radius 1 is 0.567 bits per heavy atom. The topological polar surface area (TPSA) is 14.2 Å². The molecule has 2 heterocycles. The van der Waals surface area contributed by atoms with Gasteiger partial charge in [0, 0.05) is 27.4 Å². The van der Waals surface area contributed by atoms with Gasteiger partial charge in [-0.15, -0.1) is 0 Å². The van der Waals surface area contributed by atoms with Crippen LogP contribution in [0.3, 0.4) is 0 Å². The van der Waals surface area contributed by atoms with E-state index < -0.39 is 0 Å². The highest BCUT2D eigenvalue weighted by Gasteiger charge is 2.25. The van der Waals surface area contributed by atoms with Gasteiger partial charge in [0.1, 0.15) is 11.5 Å². The molecule has 5 aromatic carbocycles. The summed E-state index contributed by atoms with van der Waals surface area (Å²) in [6.07, 6.45) is 0. The molecule has 0 N–H and O–H groups in total. The molecule has 2 heteroatoms. The first-order chi connectivity index (χ1) is 14.9. The first-order valence-electron chi connectivity index (χ1n) is 10.2. The van der Waals surface area contributed by atoms with Crippen LogP contribution in [0.25, 0.3) is 49.4 Å². The molecule has 0 unspecified atom stereocenters. The minimum Gasteiger partial charge on any atom is -0.456 e. The molecule has 0 aliphatic carbocycles. The molecule has 0 saturated heterocycles. The van der Waals surface area contributed by atoms with Crippen molar-refractivity contribution in [3.63, 3.8) is 0 Å². The lowest BCUT2D eigenvalue weighted by Gasteiger charge is -2.23. The largest absolute Gasteiger partial charge is 0.456 e. The molecular formula is C28H17NO. The fourth-order valence-electron chi connectivity index (χ4n) is 4.95. The van der Waals surface area contributed by atoms with Gasteiger partial charge < -0.3 is 9.30 Å². The number of fused-ring (bicyclic) bond motifs is 6. The molecular weight excluding hydrogens is 366 g/mol. The van der Waals surface area contributed by atoms with Crippen LogP contribution in [0.15, 0.2) is 103 Å². The van der Waals surface area contributed by atoms with Crippen molar-refractivity contribution in [2.45, 2.75) is 0 Å². The molecule has 30 heavy (non-hydrogen) atoms. The van der Waals surface area contributed by atoms with Crippen LogP contribution in [0.4, 0.5) is 0 Å². The van der Waals surface area contributed by atoms with E-state index in [-0.39, 0.29) is 0 Å². The number of hydrogen-bond acceptors (Lipinski definition) is 1. The van der Waals surface area contributed by atoms with Gasteiger partial charge in [0.15, 0.2) is 0 Å². The zero-order valence-electron chi connectivity index (χ0n) is 16.2. The Kier molecular flexibility index (Phi) is 3.03. The normalized spacial score (nSPS) is 12.3. The predicted octanol–water partition coefficient (Wildman–Crippen LogP) is 7.71. The predicted molar refractivity (Wildman–Crippen MR) is 124 cm³/mol. The van der Waals surface area contributed by atoms with Gasteiger partial charge in [0.25, 0.3) is 0 Å². The van der Waals surface area contributed by atoms with Gasteiger partial charge in [-0.3, -0.25) is 0 Å². The summed E-state index contributed by atoms with van der Waals surface area (Å²) in [6, 6.07) is 36.3. The number of nitrogens with zero attached hydrogens (tertiary/aromatic N) is 1. The Morgan fingerprint density at radius 2 is 1.37 bits per heavy atom. The number of para-hydroxylation sites is 2. The molecule has 0 saturated carbocycles. The van der Waals surface area contributed by atoms with Crippen LogP contribution in [-0.4, -0.2) is 4.57 Å². The van der Waals surface area contributed by atoms with E-state index in [4.69, 9.17) is 4.74 Å². The average Bonchev–Trinajstić information content (AvgIpc) is 3.14. The minimum absolute atomic E-state index is 0.911. The van der Waals surface area contributed by atoms with Gasteiger partial charge in [0.05, 0.1) is 11.0 Å². The van der Waals surface area contributed by atoms with E-state index in [9.17, 15) is 0 Å². The molecule has 1 aliphatic rings. The molecule has 0 spiro atoms. The number of hydrogen-bond donors (Lipinski definition) is 0. The molecule has 0 atom stereocenters. The summed E-state index contributed by atoms with van der Waals surface area (Å²) >= 11 is 0. The summed E-state index contributed by atoms with van der Waals surface area (Å²) in [6.45, 7) is 0. The van der Waals surface area contributed by atoms with Crippen molar-refractivity contribution in [3.8, 4) is 28.3 Å². The Morgan fingerprint density at radius 3 is 2.27 bits per heavy atom. The van der Waals surface area contributed by atoms with Crippen LogP contribution in [0, 0.1) is 0 Å². The number of ether oxygens (including phenoxy) is 1. The quantitative estimate of drug-likeness (QED) is 0.283. The highest BCUT2D eigenvalue weighted by atomic mass is 16.5. The van der Waals surface area contributed by atoms with E-state index in [1.807, 2.05) is 0 Å². The molecule has 1 aromatic heterocycles. The lowest BCUT2D eigenvalue weighted by molar-refractivity contribution is 0.487. The lowest BCUT2D eigenvalue weighted by atomic mass is 9.93. The van der Waals surface area contributed by atoms with Crippen molar-refractivity contribution in [1.82, 2.24) is 4.57 Å². The minimum atomic E-state index is 0.911. The van der Waals surface area contributed by atoms with Gasteiger partial charge in [-0.05, 0) is 47.3 Å². The molecule has 0 fully saturated rings. The van der Waals surface area contributed by atoms with Gasteiger partial charge in [0.2, 0.25) is 0 Å². The van der Waals surface area contributed by atoms with Crippen LogP contribution in [0.5, 0.6) is 11.5 Å². The standard InChI is InChI=1S/C28H17NO/c1-2-10-19(11-3-1)29-23-14-5-4-12-20(23)21-16-17-25-27(28(21)29)22-13-6-8-18-9-7-15-24(30-25)26(18)22/h1-17H. The Bertz CT molecular complexity index is 1600. The summed E-state index contributed by atoms with van der Waals surface area (Å²) in [4.78, 5) is 0. The molecule has 6 aromatic rings. The highest BCUT2D eigenvalue weighted by Crippen LogP contribution is 2.51. The molecule has 7 rings (SSSR count). The Labute approximate surface area is 173 Å². The summed E-state index contributed by atoms with van der Waals surface area (Å²) in [5.74, 6) is 1.84. The molecule has 2 nitrogen and oxygen atoms in total. The van der Waals surface area contributed by atoms with Gasteiger partial charge in [-0.2, -0.15) is 0 Å². The maximum Gasteiger partial charge on any atom is 0.137 e. The first kappa shape index (κ1) is 15.8. The van der Waals surface area contributed by atoms with Crippen LogP contribution in [0.2, 0.25) is 0 Å². The van der Waals surface area contributed by atoms with Gasteiger partial charge in [-0.1, -0.05) is 66.7 Å². The van der Waals surface area contributed by atoms with E-state index in [0.29, 0.717) is 0 Å². The average molecular weight is 383 g/mol. The van der Waals surface area contributed by atoms with Crippen molar-refractivity contribution in [3.05, 3.63) is 103 Å². The molecule has 140 valence electrons. The third-order valence-electron chi connectivity index (χ3n) is 6.17. The summed E-state index contributed by atoms with van der Waals surface area (Å²) in [7, 11) is 0. The summed E-state index contributed by atoms with van der Waals surface area (Å²) in [5.41, 5.74) is 5.95. The number of rotatable bonds is 1. The smallest absolute Gasteiger partial charge is 0.137 e. The second-order valence-electron chi connectivity index (χ2n) is 7.78. The second-order valence-corrected chi connectivity index (χ2v) is 7.78. The summed E-state index contributed by atoms with van der Waals surface area (Å²) < 4.78 is 8.81. The molecule has 0 radical (unpaired) electrons. The fourth-order valence-corrected chi connectivity index (χ4v) is 4.95. The summed E-state index contributed by atoms with van der Waals surface area (Å²) in [5, 5.41) is 4.89. The monoisotopic (exact) mass is 383 g/mol. The Balaban J connectivity index is 1.74. The molecule has 1 aliphatic heterocycles. The van der Waals surface area contributed by atoms with Gasteiger partial charge in [-0.25, -0.2) is 0 Å². The van der Waals surface area contributed by atoms with E-state index in [0.717, 1.165) is 22.7 Å². The maximum absolute atomic E-state index is 6.43. The van der Waals surface area contributed by atoms with Gasteiger partial charge >= 0.3 is 0 Å². The zero-order valence-corrected chi connectivity index (χ0v) is 16.2. The highest BCUT2D eigenvalue weighted by molar-refractivity contribution is 6.18. The zero-order chi connectivity index (χ0) is 19.7. The van der Waals surface area contributed by atoms with Crippen molar-refractivity contribution in [2.75, 3.05) is 0 Å². The van der Waals surface area contributed by atoms with E-state index >= 15 is 0 Å². The number of aromatic nitrogens is 1. The SMILES string of the molecule is c1ccc(-n2c3ccccc3c3ccc4c(c32)-c2cccc3cccc(c23)O4)cc1. The first-order valence-corrected chi connectivity index (χ1v) is 10.2. The van der Waals surface area contributed by atoms with E-state index in [2.05, 4.69) is 108 Å². The fraction of sp³-hybridized carbons (Fsp3) is 0. The lowest BCUT2D eigenvalue weighted by Crippen LogP contribution is -2.01. The second kappa shape index (κ2) is 5.74. The van der Waals surface area contributed by atoms with E-state index in [1.54, 1.807) is 0 Å². The number of benzene rings is 5. The van der Waals surface area contributed by atoms with E-state index in [1.165, 1.54) is 38.1 Å². The molecule has 0 amide bonds. The van der Waals surface area contributed by atoms with Crippen molar-refractivity contribution < 1.29 is 4.74 Å². The maximum atomic E-state index is 6.43.